The number of fused-ring (bicyclic) bond motifs is 1. The van der Waals surface area contributed by atoms with Crippen LogP contribution in [0.2, 0.25) is 0 Å². The molecule has 0 unspecified atom stereocenters. The predicted octanol–water partition coefficient (Wildman–Crippen LogP) is 7.29. The highest BCUT2D eigenvalue weighted by atomic mass is 79.9. The topological polar surface area (TPSA) is 25.8 Å². The van der Waals surface area contributed by atoms with E-state index in [2.05, 4.69) is 56.1 Å². The van der Waals surface area contributed by atoms with Gasteiger partial charge in [-0.15, -0.1) is 34.0 Å². The van der Waals surface area contributed by atoms with Gasteiger partial charge in [0, 0.05) is 9.75 Å². The molecule has 4 aromatic heterocycles. The molecule has 0 aromatic carbocycles. The van der Waals surface area contributed by atoms with Gasteiger partial charge in [-0.05, 0) is 70.0 Å². The maximum Gasteiger partial charge on any atom is 0.109 e. The van der Waals surface area contributed by atoms with Crippen LogP contribution in [0.25, 0.3) is 30.5 Å². The molecule has 0 N–H and O–H groups in total. The normalized spacial score (nSPS) is 11.5. The number of hydrogen-bond acceptors (Lipinski definition) is 5. The van der Waals surface area contributed by atoms with Gasteiger partial charge in [0.1, 0.15) is 11.0 Å². The number of aryl methyl sites for hydroxylation is 2. The summed E-state index contributed by atoms with van der Waals surface area (Å²) in [6.45, 7) is 4.05. The van der Waals surface area contributed by atoms with Crippen molar-refractivity contribution in [2.45, 2.75) is 13.8 Å². The summed E-state index contributed by atoms with van der Waals surface area (Å²) in [5.74, 6) is 0. The first-order valence-electron chi connectivity index (χ1n) is 6.82. The number of hydrogen-bond donors (Lipinski definition) is 0. The molecule has 23 heavy (non-hydrogen) atoms. The van der Waals surface area contributed by atoms with Gasteiger partial charge in [-0.3, -0.25) is 0 Å². The molecule has 0 aliphatic heterocycles. The lowest BCUT2D eigenvalue weighted by Crippen LogP contribution is -1.92. The smallest absolute Gasteiger partial charge is 0.109 e. The van der Waals surface area contributed by atoms with E-state index in [1.54, 1.807) is 34.0 Å². The monoisotopic (exact) mass is 484 g/mol. The average molecular weight is 486 g/mol. The fourth-order valence-electron chi connectivity index (χ4n) is 2.33. The molecule has 0 atom stereocenters. The summed E-state index contributed by atoms with van der Waals surface area (Å²) in [5, 5.41) is 0. The van der Waals surface area contributed by atoms with E-state index in [9.17, 15) is 0 Å². The van der Waals surface area contributed by atoms with Gasteiger partial charge in [-0.1, -0.05) is 0 Å². The molecule has 0 spiro atoms. The Bertz CT molecular complexity index is 949. The summed E-state index contributed by atoms with van der Waals surface area (Å²) in [7, 11) is 0. The van der Waals surface area contributed by atoms with Gasteiger partial charge >= 0.3 is 0 Å². The molecule has 116 valence electrons. The van der Waals surface area contributed by atoms with Crippen molar-refractivity contribution < 1.29 is 0 Å². The van der Waals surface area contributed by atoms with Crippen LogP contribution in [-0.4, -0.2) is 9.97 Å². The molecule has 2 nitrogen and oxygen atoms in total. The first-order valence-corrected chi connectivity index (χ1v) is 10.9. The summed E-state index contributed by atoms with van der Waals surface area (Å²) in [5.41, 5.74) is 4.00. The molecule has 4 aromatic rings. The van der Waals surface area contributed by atoms with Crippen molar-refractivity contribution in [3.8, 4) is 19.5 Å². The van der Waals surface area contributed by atoms with E-state index in [4.69, 9.17) is 9.97 Å². The summed E-state index contributed by atoms with van der Waals surface area (Å²) in [6.07, 6.45) is 0. The standard InChI is InChI=1S/C16H10Br2N2S3/c1-7-8(2)20-14-13(19-7)15(9-3-5-11(17)21-9)23-16(14)10-4-6-12(18)22-10/h3-6H,1-2H3. The molecule has 0 aliphatic carbocycles. The summed E-state index contributed by atoms with van der Waals surface area (Å²) in [6, 6.07) is 8.46. The van der Waals surface area contributed by atoms with Gasteiger partial charge < -0.3 is 0 Å². The molecule has 0 aliphatic rings. The highest BCUT2D eigenvalue weighted by Gasteiger charge is 2.20. The van der Waals surface area contributed by atoms with E-state index in [1.807, 2.05) is 13.8 Å². The number of rotatable bonds is 2. The van der Waals surface area contributed by atoms with Crippen LogP contribution in [0.5, 0.6) is 0 Å². The molecule has 0 saturated heterocycles. The zero-order valence-electron chi connectivity index (χ0n) is 12.2. The molecule has 4 rings (SSSR count). The van der Waals surface area contributed by atoms with Crippen LogP contribution in [0.4, 0.5) is 0 Å². The Morgan fingerprint density at radius 3 is 1.48 bits per heavy atom. The van der Waals surface area contributed by atoms with Crippen LogP contribution in [0.3, 0.4) is 0 Å². The first kappa shape index (κ1) is 15.9. The minimum atomic E-state index is 0.992. The van der Waals surface area contributed by atoms with E-state index < -0.39 is 0 Å². The third kappa shape index (κ3) is 2.82. The second-order valence-electron chi connectivity index (χ2n) is 5.06. The molecule has 0 fully saturated rings. The minimum Gasteiger partial charge on any atom is -0.248 e. The Kier molecular flexibility index (Phi) is 4.18. The molecule has 4 heterocycles. The zero-order chi connectivity index (χ0) is 16.1. The lowest BCUT2D eigenvalue weighted by Gasteiger charge is -2.00. The lowest BCUT2D eigenvalue weighted by atomic mass is 10.2. The van der Waals surface area contributed by atoms with E-state index in [-0.39, 0.29) is 0 Å². The highest BCUT2D eigenvalue weighted by Crippen LogP contribution is 2.47. The maximum absolute atomic E-state index is 4.85. The Balaban J connectivity index is 2.05. The number of aromatic nitrogens is 2. The van der Waals surface area contributed by atoms with Crippen LogP contribution in [0.15, 0.2) is 31.8 Å². The first-order chi connectivity index (χ1) is 11.0. The van der Waals surface area contributed by atoms with E-state index in [0.717, 1.165) is 30.0 Å². The van der Waals surface area contributed by atoms with Gasteiger partial charge in [0.2, 0.25) is 0 Å². The quantitative estimate of drug-likeness (QED) is 0.298. The van der Waals surface area contributed by atoms with Crippen LogP contribution < -0.4 is 0 Å². The van der Waals surface area contributed by atoms with Crippen molar-refractivity contribution in [1.29, 1.82) is 0 Å². The SMILES string of the molecule is Cc1nc2c(-c3ccc(Br)s3)sc(-c3ccc(Br)s3)c2nc1C. The molecule has 0 bridgehead atoms. The third-order valence-corrected chi connectivity index (χ3v) is 8.31. The van der Waals surface area contributed by atoms with Crippen molar-refractivity contribution in [3.05, 3.63) is 43.2 Å². The second-order valence-corrected chi connectivity index (χ2v) is 11.0. The minimum absolute atomic E-state index is 0.992. The van der Waals surface area contributed by atoms with E-state index >= 15 is 0 Å². The highest BCUT2D eigenvalue weighted by molar-refractivity contribution is 9.11. The van der Waals surface area contributed by atoms with E-state index in [0.29, 0.717) is 0 Å². The molecular weight excluding hydrogens is 476 g/mol. The lowest BCUT2D eigenvalue weighted by molar-refractivity contribution is 1.11. The largest absolute Gasteiger partial charge is 0.248 e. The predicted molar refractivity (Wildman–Crippen MR) is 109 cm³/mol. The fraction of sp³-hybridized carbons (Fsp3) is 0.125. The van der Waals surface area contributed by atoms with Crippen molar-refractivity contribution in [1.82, 2.24) is 9.97 Å². The maximum atomic E-state index is 4.85. The van der Waals surface area contributed by atoms with Crippen LogP contribution in [-0.2, 0) is 0 Å². The Hall–Kier alpha value is -0.600. The summed E-state index contributed by atoms with van der Waals surface area (Å²) < 4.78 is 2.26. The average Bonchev–Trinajstić information content (AvgIpc) is 3.19. The molecule has 0 saturated carbocycles. The van der Waals surface area contributed by atoms with Crippen molar-refractivity contribution in [2.75, 3.05) is 0 Å². The summed E-state index contributed by atoms with van der Waals surface area (Å²) in [4.78, 5) is 14.5. The van der Waals surface area contributed by atoms with E-state index in [1.165, 1.54) is 19.5 Å². The van der Waals surface area contributed by atoms with Crippen LogP contribution >= 0.6 is 65.9 Å². The van der Waals surface area contributed by atoms with Gasteiger partial charge in [0.25, 0.3) is 0 Å². The second kappa shape index (κ2) is 6.04. The van der Waals surface area contributed by atoms with Gasteiger partial charge in [0.05, 0.1) is 28.7 Å². The van der Waals surface area contributed by atoms with Gasteiger partial charge in [0.15, 0.2) is 0 Å². The van der Waals surface area contributed by atoms with Crippen molar-refractivity contribution in [2.24, 2.45) is 0 Å². The van der Waals surface area contributed by atoms with Crippen LogP contribution in [0, 0.1) is 13.8 Å². The Morgan fingerprint density at radius 1 is 0.696 bits per heavy atom. The Morgan fingerprint density at radius 2 is 1.13 bits per heavy atom. The number of thiophene rings is 3. The van der Waals surface area contributed by atoms with Gasteiger partial charge in [-0.2, -0.15) is 0 Å². The third-order valence-electron chi connectivity index (χ3n) is 3.54. The molecule has 0 amide bonds. The molecule has 0 radical (unpaired) electrons. The van der Waals surface area contributed by atoms with Crippen molar-refractivity contribution >= 4 is 76.9 Å². The number of halogens is 2. The van der Waals surface area contributed by atoms with Crippen LogP contribution in [0.1, 0.15) is 11.4 Å². The van der Waals surface area contributed by atoms with Gasteiger partial charge in [-0.25, -0.2) is 9.97 Å². The molecule has 7 heteroatoms. The zero-order valence-corrected chi connectivity index (χ0v) is 17.8. The fourth-order valence-corrected chi connectivity index (χ4v) is 6.50. The molecular formula is C16H10Br2N2S3. The number of nitrogens with zero attached hydrogens (tertiary/aromatic N) is 2. The summed E-state index contributed by atoms with van der Waals surface area (Å²) >= 11 is 12.4. The Labute approximate surface area is 162 Å². The van der Waals surface area contributed by atoms with Crippen molar-refractivity contribution in [3.63, 3.8) is 0 Å².